The van der Waals surface area contributed by atoms with Crippen molar-refractivity contribution in [2.24, 2.45) is 5.73 Å². The summed E-state index contributed by atoms with van der Waals surface area (Å²) in [7, 11) is 0. The number of hydrogen-bond acceptors (Lipinski definition) is 7. The molecule has 2 aliphatic heterocycles. The minimum Gasteiger partial charge on any atom is -0.355 e. The van der Waals surface area contributed by atoms with E-state index in [1.807, 2.05) is 12.1 Å². The van der Waals surface area contributed by atoms with Gasteiger partial charge in [0.2, 0.25) is 5.95 Å². The Morgan fingerprint density at radius 2 is 1.62 bits per heavy atom. The van der Waals surface area contributed by atoms with Gasteiger partial charge in [0.05, 0.1) is 11.3 Å². The van der Waals surface area contributed by atoms with Crippen LogP contribution in [0.4, 0.5) is 36.4 Å². The van der Waals surface area contributed by atoms with E-state index >= 15 is 0 Å². The van der Waals surface area contributed by atoms with Gasteiger partial charge < -0.3 is 20.9 Å². The van der Waals surface area contributed by atoms with Crippen LogP contribution >= 0.6 is 0 Å². The Labute approximate surface area is 227 Å². The number of nitrogens with one attached hydrogen (secondary N) is 1. The molecule has 1 saturated heterocycles. The molecule has 39 heavy (non-hydrogen) atoms. The highest BCUT2D eigenvalue weighted by Gasteiger charge is 2.36. The number of pyridine rings is 1. The zero-order valence-corrected chi connectivity index (χ0v) is 22.6. The van der Waals surface area contributed by atoms with Crippen molar-refractivity contribution in [3.63, 3.8) is 0 Å². The van der Waals surface area contributed by atoms with Crippen molar-refractivity contribution >= 4 is 23.3 Å². The van der Waals surface area contributed by atoms with Gasteiger partial charge in [0.25, 0.3) is 0 Å². The summed E-state index contributed by atoms with van der Waals surface area (Å²) in [4.78, 5) is 18.0. The highest BCUT2D eigenvalue weighted by atomic mass is 19.4. The van der Waals surface area contributed by atoms with Crippen LogP contribution in [0.5, 0.6) is 0 Å². The number of halogens is 3. The number of alkyl halides is 3. The monoisotopic (exact) mass is 539 g/mol. The molecule has 1 fully saturated rings. The molecule has 0 spiro atoms. The van der Waals surface area contributed by atoms with Crippen LogP contribution in [-0.2, 0) is 24.4 Å². The highest BCUT2D eigenvalue weighted by Crippen LogP contribution is 2.36. The number of aromatic nitrogens is 3. The Balaban J connectivity index is 1.47. The number of nitrogens with two attached hydrogens (primary N) is 1. The van der Waals surface area contributed by atoms with Gasteiger partial charge in [0, 0.05) is 62.0 Å². The van der Waals surface area contributed by atoms with Crippen LogP contribution in [0.25, 0.3) is 0 Å². The summed E-state index contributed by atoms with van der Waals surface area (Å²) in [6, 6.07) is 10.6. The zero-order chi connectivity index (χ0) is 27.6. The molecule has 1 aromatic carbocycles. The number of piperidine rings is 1. The lowest BCUT2D eigenvalue weighted by molar-refractivity contribution is -0.137. The second kappa shape index (κ2) is 11.0. The predicted octanol–water partition coefficient (Wildman–Crippen LogP) is 5.47. The third-order valence-corrected chi connectivity index (χ3v) is 7.80. The lowest BCUT2D eigenvalue weighted by Gasteiger charge is -2.28. The van der Waals surface area contributed by atoms with E-state index < -0.39 is 11.7 Å². The molecule has 0 bridgehead atoms. The SMILES string of the molecule is CC(C)(CN)c1ccc(Nc2nc(N3CCCCC3)nc3c2CCN(c2ncccc2C(F)(F)F)CC3)cc1. The Morgan fingerprint density at radius 3 is 2.31 bits per heavy atom. The van der Waals surface area contributed by atoms with Crippen molar-refractivity contribution in [2.75, 3.05) is 47.8 Å². The van der Waals surface area contributed by atoms with Gasteiger partial charge in [-0.1, -0.05) is 26.0 Å². The van der Waals surface area contributed by atoms with Crippen molar-refractivity contribution in [3.05, 3.63) is 65.0 Å². The normalized spacial score (nSPS) is 16.6. The molecule has 0 amide bonds. The van der Waals surface area contributed by atoms with Gasteiger partial charge in [-0.15, -0.1) is 0 Å². The molecule has 0 saturated carbocycles. The Morgan fingerprint density at radius 1 is 0.897 bits per heavy atom. The first-order valence-corrected chi connectivity index (χ1v) is 13.7. The number of fused-ring (bicyclic) bond motifs is 1. The number of nitrogens with zero attached hydrogens (tertiary/aromatic N) is 5. The lowest BCUT2D eigenvalue weighted by atomic mass is 9.85. The maximum atomic E-state index is 13.7. The Kier molecular flexibility index (Phi) is 7.66. The quantitative estimate of drug-likeness (QED) is 0.430. The second-order valence-electron chi connectivity index (χ2n) is 11.0. The molecule has 10 heteroatoms. The first-order valence-electron chi connectivity index (χ1n) is 13.7. The largest absolute Gasteiger partial charge is 0.419 e. The van der Waals surface area contributed by atoms with Crippen molar-refractivity contribution in [1.29, 1.82) is 0 Å². The third kappa shape index (κ3) is 5.95. The topological polar surface area (TPSA) is 83.2 Å². The summed E-state index contributed by atoms with van der Waals surface area (Å²) < 4.78 is 41.2. The maximum Gasteiger partial charge on any atom is 0.419 e. The molecule has 3 N–H and O–H groups in total. The standard InChI is InChI=1S/C29H36F3N7/c1-28(2,19-33)20-8-10-21(11-9-20)35-25-22-12-17-38(26-23(29(30,31)32)7-6-14-34-26)18-13-24(22)36-27(37-25)39-15-4-3-5-16-39/h6-11,14H,3-5,12-13,15-19,33H2,1-2H3,(H,35,36,37). The second-order valence-corrected chi connectivity index (χ2v) is 11.0. The fraction of sp³-hybridized carbons (Fsp3) is 0.483. The van der Waals surface area contributed by atoms with E-state index in [1.54, 1.807) is 4.90 Å². The fourth-order valence-electron chi connectivity index (χ4n) is 5.27. The molecule has 0 aliphatic carbocycles. The minimum absolute atomic E-state index is 0.0327. The van der Waals surface area contributed by atoms with Crippen molar-refractivity contribution < 1.29 is 13.2 Å². The first kappa shape index (κ1) is 27.2. The van der Waals surface area contributed by atoms with Gasteiger partial charge in [0.1, 0.15) is 11.6 Å². The Bertz CT molecular complexity index is 1290. The van der Waals surface area contributed by atoms with E-state index in [0.717, 1.165) is 54.5 Å². The molecule has 208 valence electrons. The predicted molar refractivity (Wildman–Crippen MR) is 149 cm³/mol. The Hall–Kier alpha value is -3.40. The van der Waals surface area contributed by atoms with Crippen LogP contribution in [0.1, 0.15) is 55.5 Å². The summed E-state index contributed by atoms with van der Waals surface area (Å²) in [5.74, 6) is 1.36. The van der Waals surface area contributed by atoms with Crippen molar-refractivity contribution in [1.82, 2.24) is 15.0 Å². The van der Waals surface area contributed by atoms with Gasteiger partial charge in [-0.3, -0.25) is 0 Å². The average Bonchev–Trinajstić information content (AvgIpc) is 3.16. The van der Waals surface area contributed by atoms with Crippen LogP contribution in [0.15, 0.2) is 42.6 Å². The van der Waals surface area contributed by atoms with Gasteiger partial charge in [0.15, 0.2) is 0 Å². The smallest absolute Gasteiger partial charge is 0.355 e. The molecule has 2 aliphatic rings. The van der Waals surface area contributed by atoms with E-state index in [4.69, 9.17) is 15.7 Å². The van der Waals surface area contributed by atoms with Crippen molar-refractivity contribution in [3.8, 4) is 0 Å². The van der Waals surface area contributed by atoms with Gasteiger partial charge in [-0.2, -0.15) is 18.2 Å². The van der Waals surface area contributed by atoms with Gasteiger partial charge >= 0.3 is 6.18 Å². The number of benzene rings is 1. The van der Waals surface area contributed by atoms with E-state index in [0.29, 0.717) is 44.2 Å². The lowest BCUT2D eigenvalue weighted by Crippen LogP contribution is -2.31. The molecule has 2 aromatic heterocycles. The molecule has 5 rings (SSSR count). The van der Waals surface area contributed by atoms with E-state index in [1.165, 1.54) is 18.7 Å². The summed E-state index contributed by atoms with van der Waals surface area (Å²) in [5.41, 5.74) is 8.97. The summed E-state index contributed by atoms with van der Waals surface area (Å²) in [6.07, 6.45) is 1.33. The van der Waals surface area contributed by atoms with Gasteiger partial charge in [-0.05, 0) is 55.5 Å². The zero-order valence-electron chi connectivity index (χ0n) is 22.6. The number of hydrogen-bond donors (Lipinski definition) is 2. The molecular weight excluding hydrogens is 503 g/mol. The van der Waals surface area contributed by atoms with E-state index in [9.17, 15) is 13.2 Å². The van der Waals surface area contributed by atoms with Crippen LogP contribution in [0.2, 0.25) is 0 Å². The molecule has 7 nitrogen and oxygen atoms in total. The van der Waals surface area contributed by atoms with Crippen LogP contribution in [0.3, 0.4) is 0 Å². The minimum atomic E-state index is -4.47. The van der Waals surface area contributed by atoms with Gasteiger partial charge in [-0.25, -0.2) is 9.97 Å². The summed E-state index contributed by atoms with van der Waals surface area (Å²) in [5, 5.41) is 3.50. The maximum absolute atomic E-state index is 13.7. The first-order chi connectivity index (χ1) is 18.7. The van der Waals surface area contributed by atoms with Crippen LogP contribution < -0.4 is 20.9 Å². The molecule has 0 atom stereocenters. The summed E-state index contributed by atoms with van der Waals surface area (Å²) >= 11 is 0. The third-order valence-electron chi connectivity index (χ3n) is 7.80. The van der Waals surface area contributed by atoms with E-state index in [-0.39, 0.29) is 11.2 Å². The fourth-order valence-corrected chi connectivity index (χ4v) is 5.27. The molecule has 0 unspecified atom stereocenters. The average molecular weight is 540 g/mol. The number of anilines is 4. The van der Waals surface area contributed by atoms with Crippen molar-refractivity contribution in [2.45, 2.75) is 57.5 Å². The van der Waals surface area contributed by atoms with Crippen LogP contribution in [-0.4, -0.2) is 47.7 Å². The highest BCUT2D eigenvalue weighted by molar-refractivity contribution is 5.63. The number of rotatable bonds is 6. The molecule has 4 heterocycles. The molecule has 0 radical (unpaired) electrons. The molecular formula is C29H36F3N7. The van der Waals surface area contributed by atoms with Crippen LogP contribution in [0, 0.1) is 0 Å². The summed E-state index contributed by atoms with van der Waals surface area (Å²) in [6.45, 7) is 7.35. The van der Waals surface area contributed by atoms with E-state index in [2.05, 4.69) is 41.2 Å². The molecule has 3 aromatic rings.